The number of anilines is 2. The Morgan fingerprint density at radius 3 is 2.60 bits per heavy atom. The van der Waals surface area contributed by atoms with Gasteiger partial charge in [0.05, 0.1) is 5.69 Å². The molecule has 0 unspecified atom stereocenters. The van der Waals surface area contributed by atoms with Gasteiger partial charge in [-0.3, -0.25) is 4.57 Å². The van der Waals surface area contributed by atoms with Gasteiger partial charge < -0.3 is 5.32 Å². The molecule has 0 saturated heterocycles. The largest absolute Gasteiger partial charge is 0.325 e. The van der Waals surface area contributed by atoms with E-state index in [2.05, 4.69) is 42.9 Å². The van der Waals surface area contributed by atoms with Crippen LogP contribution >= 0.6 is 15.9 Å². The second-order valence-corrected chi connectivity index (χ2v) is 5.46. The van der Waals surface area contributed by atoms with Gasteiger partial charge >= 0.3 is 0 Å². The van der Waals surface area contributed by atoms with Crippen LogP contribution in [0.4, 0.5) is 11.6 Å². The summed E-state index contributed by atoms with van der Waals surface area (Å²) in [6.07, 6.45) is 2.02. The van der Waals surface area contributed by atoms with Crippen molar-refractivity contribution in [3.05, 3.63) is 71.0 Å². The van der Waals surface area contributed by atoms with Crippen molar-refractivity contribution in [1.29, 1.82) is 0 Å². The summed E-state index contributed by atoms with van der Waals surface area (Å²) in [7, 11) is 0. The maximum Gasteiger partial charge on any atom is 0.212 e. The van der Waals surface area contributed by atoms with Gasteiger partial charge in [-0.1, -0.05) is 40.2 Å². The van der Waals surface area contributed by atoms with Crippen molar-refractivity contribution in [1.82, 2.24) is 9.55 Å². The maximum absolute atomic E-state index is 4.55. The molecule has 0 atom stereocenters. The minimum Gasteiger partial charge on any atom is -0.325 e. The Morgan fingerprint density at radius 2 is 1.85 bits per heavy atom. The zero-order valence-corrected chi connectivity index (χ0v) is 12.6. The van der Waals surface area contributed by atoms with Gasteiger partial charge in [-0.05, 0) is 37.3 Å². The number of benzene rings is 2. The van der Waals surface area contributed by atoms with Gasteiger partial charge in [-0.15, -0.1) is 0 Å². The third-order valence-corrected chi connectivity index (χ3v) is 3.43. The highest BCUT2D eigenvalue weighted by atomic mass is 79.9. The monoisotopic (exact) mass is 327 g/mol. The van der Waals surface area contributed by atoms with Crippen LogP contribution in [0.5, 0.6) is 0 Å². The molecular formula is C16H14BrN3. The standard InChI is InChI=1S/C16H14BrN3/c1-12-11-20(15-8-3-2-4-9-15)16(18-12)19-14-7-5-6-13(17)10-14/h2-11H,1H3,(H,18,19). The maximum atomic E-state index is 4.55. The van der Waals surface area contributed by atoms with Gasteiger partial charge in [-0.2, -0.15) is 0 Å². The summed E-state index contributed by atoms with van der Waals surface area (Å²) in [6.45, 7) is 1.99. The van der Waals surface area contributed by atoms with E-state index < -0.39 is 0 Å². The van der Waals surface area contributed by atoms with E-state index in [0.29, 0.717) is 0 Å². The Hall–Kier alpha value is -2.07. The van der Waals surface area contributed by atoms with Gasteiger partial charge in [0.2, 0.25) is 5.95 Å². The number of hydrogen-bond donors (Lipinski definition) is 1. The zero-order valence-electron chi connectivity index (χ0n) is 11.0. The van der Waals surface area contributed by atoms with E-state index in [9.17, 15) is 0 Å². The van der Waals surface area contributed by atoms with Crippen molar-refractivity contribution in [2.24, 2.45) is 0 Å². The van der Waals surface area contributed by atoms with E-state index >= 15 is 0 Å². The first kappa shape index (κ1) is 12.9. The Bertz CT molecular complexity index is 720. The number of imidazole rings is 1. The van der Waals surface area contributed by atoms with Gasteiger partial charge in [0.25, 0.3) is 0 Å². The molecule has 100 valence electrons. The number of nitrogens with zero attached hydrogens (tertiary/aromatic N) is 2. The van der Waals surface area contributed by atoms with E-state index in [-0.39, 0.29) is 0 Å². The molecular weight excluding hydrogens is 314 g/mol. The molecule has 0 saturated carbocycles. The highest BCUT2D eigenvalue weighted by Gasteiger charge is 2.07. The quantitative estimate of drug-likeness (QED) is 0.756. The number of nitrogens with one attached hydrogen (secondary N) is 1. The van der Waals surface area contributed by atoms with Crippen molar-refractivity contribution in [2.45, 2.75) is 6.92 Å². The minimum absolute atomic E-state index is 0.812. The fraction of sp³-hybridized carbons (Fsp3) is 0.0625. The molecule has 20 heavy (non-hydrogen) atoms. The van der Waals surface area contributed by atoms with E-state index in [0.717, 1.165) is 27.5 Å². The minimum atomic E-state index is 0.812. The molecule has 1 N–H and O–H groups in total. The molecule has 0 bridgehead atoms. The van der Waals surface area contributed by atoms with Gasteiger partial charge in [0, 0.05) is 22.0 Å². The van der Waals surface area contributed by atoms with Crippen LogP contribution in [0.15, 0.2) is 65.3 Å². The highest BCUT2D eigenvalue weighted by molar-refractivity contribution is 9.10. The lowest BCUT2D eigenvalue weighted by atomic mass is 10.3. The summed E-state index contributed by atoms with van der Waals surface area (Å²) in [5, 5.41) is 3.35. The number of para-hydroxylation sites is 1. The Kier molecular flexibility index (Phi) is 3.56. The predicted molar refractivity (Wildman–Crippen MR) is 85.7 cm³/mol. The summed E-state index contributed by atoms with van der Waals surface area (Å²) in [5.74, 6) is 0.812. The molecule has 0 amide bonds. The number of aromatic nitrogens is 2. The van der Waals surface area contributed by atoms with Crippen molar-refractivity contribution in [3.8, 4) is 5.69 Å². The summed E-state index contributed by atoms with van der Waals surface area (Å²) < 4.78 is 3.09. The number of aryl methyl sites for hydroxylation is 1. The predicted octanol–water partition coefficient (Wildman–Crippen LogP) is 4.69. The first-order chi connectivity index (χ1) is 9.72. The van der Waals surface area contributed by atoms with E-state index in [1.54, 1.807) is 0 Å². The summed E-state index contributed by atoms with van der Waals surface area (Å²) >= 11 is 3.48. The van der Waals surface area contributed by atoms with Crippen LogP contribution in [-0.2, 0) is 0 Å². The average Bonchev–Trinajstić information content (AvgIpc) is 2.80. The Morgan fingerprint density at radius 1 is 1.05 bits per heavy atom. The molecule has 0 spiro atoms. The normalized spacial score (nSPS) is 10.5. The van der Waals surface area contributed by atoms with Crippen molar-refractivity contribution < 1.29 is 0 Å². The molecule has 3 rings (SSSR count). The van der Waals surface area contributed by atoms with Gasteiger partial charge in [-0.25, -0.2) is 4.98 Å². The van der Waals surface area contributed by atoms with Gasteiger partial charge in [0.15, 0.2) is 0 Å². The first-order valence-electron chi connectivity index (χ1n) is 6.36. The molecule has 3 nitrogen and oxygen atoms in total. The van der Waals surface area contributed by atoms with Crippen molar-refractivity contribution in [3.63, 3.8) is 0 Å². The summed E-state index contributed by atoms with van der Waals surface area (Å²) in [4.78, 5) is 4.55. The molecule has 1 aromatic heterocycles. The van der Waals surface area contributed by atoms with Crippen LogP contribution < -0.4 is 5.32 Å². The number of halogens is 1. The van der Waals surface area contributed by atoms with Crippen LogP contribution in [0.2, 0.25) is 0 Å². The van der Waals surface area contributed by atoms with Crippen LogP contribution in [0, 0.1) is 6.92 Å². The van der Waals surface area contributed by atoms with Crippen molar-refractivity contribution >= 4 is 27.6 Å². The molecule has 1 heterocycles. The Balaban J connectivity index is 1.98. The molecule has 0 aliphatic rings. The summed E-state index contributed by atoms with van der Waals surface area (Å²) in [5.41, 5.74) is 3.07. The molecule has 0 radical (unpaired) electrons. The molecule has 0 aliphatic carbocycles. The third-order valence-electron chi connectivity index (χ3n) is 2.94. The molecule has 0 fully saturated rings. The lowest BCUT2D eigenvalue weighted by molar-refractivity contribution is 1.06. The molecule has 4 heteroatoms. The van der Waals surface area contributed by atoms with Crippen LogP contribution in [0.1, 0.15) is 5.69 Å². The fourth-order valence-corrected chi connectivity index (χ4v) is 2.47. The number of hydrogen-bond acceptors (Lipinski definition) is 2. The van der Waals surface area contributed by atoms with Gasteiger partial charge in [0.1, 0.15) is 0 Å². The molecule has 3 aromatic rings. The summed E-state index contributed by atoms with van der Waals surface area (Å²) in [6, 6.07) is 18.2. The molecule has 2 aromatic carbocycles. The second-order valence-electron chi connectivity index (χ2n) is 4.55. The zero-order chi connectivity index (χ0) is 13.9. The van der Waals surface area contributed by atoms with Crippen molar-refractivity contribution in [2.75, 3.05) is 5.32 Å². The van der Waals surface area contributed by atoms with E-state index in [4.69, 9.17) is 0 Å². The topological polar surface area (TPSA) is 29.9 Å². The average molecular weight is 328 g/mol. The van der Waals surface area contributed by atoms with E-state index in [1.165, 1.54) is 0 Å². The molecule has 0 aliphatic heterocycles. The smallest absolute Gasteiger partial charge is 0.212 e. The highest BCUT2D eigenvalue weighted by Crippen LogP contribution is 2.22. The van der Waals surface area contributed by atoms with Crippen LogP contribution in [0.25, 0.3) is 5.69 Å². The number of rotatable bonds is 3. The first-order valence-corrected chi connectivity index (χ1v) is 7.16. The fourth-order valence-electron chi connectivity index (χ4n) is 2.07. The lowest BCUT2D eigenvalue weighted by Crippen LogP contribution is -2.00. The third kappa shape index (κ3) is 2.75. The lowest BCUT2D eigenvalue weighted by Gasteiger charge is -2.09. The Labute approximate surface area is 126 Å². The van der Waals surface area contributed by atoms with Crippen LogP contribution in [0.3, 0.4) is 0 Å². The second kappa shape index (κ2) is 5.51. The van der Waals surface area contributed by atoms with Crippen LogP contribution in [-0.4, -0.2) is 9.55 Å². The SMILES string of the molecule is Cc1cn(-c2ccccc2)c(Nc2cccc(Br)c2)n1. The van der Waals surface area contributed by atoms with E-state index in [1.807, 2.05) is 55.6 Å².